The second-order valence-corrected chi connectivity index (χ2v) is 5.93. The van der Waals surface area contributed by atoms with E-state index < -0.39 is 35.9 Å². The minimum absolute atomic E-state index is 0.0241. The number of aromatic hydroxyl groups is 2. The van der Waals surface area contributed by atoms with Crippen LogP contribution in [0.25, 0.3) is 6.08 Å². The third kappa shape index (κ3) is 2.93. The molecule has 4 N–H and O–H groups in total. The summed E-state index contributed by atoms with van der Waals surface area (Å²) in [4.78, 5) is 23.4. The number of carbonyl (C=O) groups excluding carboxylic acids is 2. The standard InChI is InChI=1S/C16H16O8/c17-9-3-1-8(5-10(9)18)2-4-13(19)23-11-6-16(22)7-12(14(11)20)24-15(16)21/h1-5,11-12,14,17-18,20,22H,6-7H2/b4-2+/t11-,12?,14+,16-/m0/s1. The van der Waals surface area contributed by atoms with E-state index in [1.807, 2.05) is 0 Å². The molecular weight excluding hydrogens is 320 g/mol. The summed E-state index contributed by atoms with van der Waals surface area (Å²) < 4.78 is 9.96. The lowest BCUT2D eigenvalue weighted by Gasteiger charge is -2.32. The van der Waals surface area contributed by atoms with E-state index >= 15 is 0 Å². The van der Waals surface area contributed by atoms with Gasteiger partial charge in [0.05, 0.1) is 0 Å². The largest absolute Gasteiger partial charge is 0.504 e. The van der Waals surface area contributed by atoms with E-state index in [2.05, 4.69) is 0 Å². The number of phenolic OH excluding ortho intramolecular Hbond substituents is 2. The molecule has 1 aliphatic carbocycles. The SMILES string of the molecule is O=C(/C=C/c1ccc(O)c(O)c1)O[C@H]1C[C@]2(O)CC(OC2=O)[C@@H]1O. The number of carbonyl (C=O) groups is 2. The molecule has 0 aromatic heterocycles. The Bertz CT molecular complexity index is 712. The van der Waals surface area contributed by atoms with Crippen LogP contribution in [-0.4, -0.2) is 56.3 Å². The molecule has 8 heteroatoms. The van der Waals surface area contributed by atoms with Gasteiger partial charge in [0.15, 0.2) is 17.1 Å². The first-order chi connectivity index (χ1) is 11.3. The van der Waals surface area contributed by atoms with Gasteiger partial charge in [0.25, 0.3) is 0 Å². The molecule has 1 saturated heterocycles. The number of hydrogen-bond donors (Lipinski definition) is 4. The average Bonchev–Trinajstić information content (AvgIpc) is 2.78. The van der Waals surface area contributed by atoms with Crippen molar-refractivity contribution >= 4 is 18.0 Å². The van der Waals surface area contributed by atoms with Crippen LogP contribution >= 0.6 is 0 Å². The molecule has 128 valence electrons. The molecule has 4 atom stereocenters. The molecule has 1 saturated carbocycles. The van der Waals surface area contributed by atoms with Crippen molar-refractivity contribution in [1.29, 1.82) is 0 Å². The number of ether oxygens (including phenoxy) is 2. The van der Waals surface area contributed by atoms with Crippen LogP contribution in [0.1, 0.15) is 18.4 Å². The van der Waals surface area contributed by atoms with Gasteiger partial charge in [0, 0.05) is 18.9 Å². The highest BCUT2D eigenvalue weighted by Gasteiger charge is 2.58. The summed E-state index contributed by atoms with van der Waals surface area (Å²) in [6, 6.07) is 4.00. The Kier molecular flexibility index (Phi) is 3.94. The second kappa shape index (κ2) is 5.81. The van der Waals surface area contributed by atoms with E-state index in [1.54, 1.807) is 0 Å². The van der Waals surface area contributed by atoms with Gasteiger partial charge in [-0.15, -0.1) is 0 Å². The highest BCUT2D eigenvalue weighted by atomic mass is 16.6. The van der Waals surface area contributed by atoms with Gasteiger partial charge in [-0.3, -0.25) is 0 Å². The van der Waals surface area contributed by atoms with E-state index in [1.165, 1.54) is 24.3 Å². The van der Waals surface area contributed by atoms with Crippen LogP contribution in [0.2, 0.25) is 0 Å². The Balaban J connectivity index is 1.65. The van der Waals surface area contributed by atoms with Crippen molar-refractivity contribution in [3.8, 4) is 11.5 Å². The van der Waals surface area contributed by atoms with Gasteiger partial charge in [-0.2, -0.15) is 0 Å². The lowest BCUT2D eigenvalue weighted by Crippen LogP contribution is -2.50. The minimum Gasteiger partial charge on any atom is -0.504 e. The first-order valence-electron chi connectivity index (χ1n) is 7.31. The Morgan fingerprint density at radius 3 is 2.75 bits per heavy atom. The molecular formula is C16H16O8. The number of aliphatic hydroxyl groups is 2. The average molecular weight is 336 g/mol. The number of hydrogen-bond acceptors (Lipinski definition) is 8. The fourth-order valence-corrected chi connectivity index (χ4v) is 2.86. The van der Waals surface area contributed by atoms with E-state index in [0.29, 0.717) is 5.56 Å². The quantitative estimate of drug-likeness (QED) is 0.340. The topological polar surface area (TPSA) is 134 Å². The van der Waals surface area contributed by atoms with Crippen molar-refractivity contribution in [3.63, 3.8) is 0 Å². The van der Waals surface area contributed by atoms with Gasteiger partial charge in [-0.25, -0.2) is 9.59 Å². The van der Waals surface area contributed by atoms with Crippen molar-refractivity contribution in [3.05, 3.63) is 29.8 Å². The van der Waals surface area contributed by atoms with E-state index in [4.69, 9.17) is 9.47 Å². The molecule has 8 nitrogen and oxygen atoms in total. The van der Waals surface area contributed by atoms with Crippen molar-refractivity contribution in [2.75, 3.05) is 0 Å². The zero-order chi connectivity index (χ0) is 17.5. The summed E-state index contributed by atoms with van der Waals surface area (Å²) in [6.07, 6.45) is -1.000. The molecule has 24 heavy (non-hydrogen) atoms. The Morgan fingerprint density at radius 2 is 2.04 bits per heavy atom. The first kappa shape index (κ1) is 16.3. The number of benzene rings is 1. The molecule has 2 bridgehead atoms. The van der Waals surface area contributed by atoms with Crippen LogP contribution in [0.4, 0.5) is 0 Å². The molecule has 0 spiro atoms. The summed E-state index contributed by atoms with van der Waals surface area (Å²) in [6.45, 7) is 0. The zero-order valence-electron chi connectivity index (χ0n) is 12.5. The molecule has 1 heterocycles. The lowest BCUT2D eigenvalue weighted by atomic mass is 9.82. The zero-order valence-corrected chi connectivity index (χ0v) is 12.5. The maximum atomic E-state index is 11.9. The van der Waals surface area contributed by atoms with Crippen LogP contribution < -0.4 is 0 Å². The smallest absolute Gasteiger partial charge is 0.338 e. The molecule has 3 rings (SSSR count). The number of fused-ring (bicyclic) bond motifs is 2. The van der Waals surface area contributed by atoms with Crippen LogP contribution in [0.15, 0.2) is 24.3 Å². The molecule has 0 amide bonds. The Labute approximate surface area is 136 Å². The number of rotatable bonds is 3. The third-order valence-electron chi connectivity index (χ3n) is 4.16. The highest BCUT2D eigenvalue weighted by Crippen LogP contribution is 2.39. The lowest BCUT2D eigenvalue weighted by molar-refractivity contribution is -0.162. The normalized spacial score (nSPS) is 31.9. The van der Waals surface area contributed by atoms with Gasteiger partial charge in [-0.05, 0) is 23.8 Å². The van der Waals surface area contributed by atoms with Gasteiger partial charge in [-0.1, -0.05) is 6.07 Å². The summed E-state index contributed by atoms with van der Waals surface area (Å²) in [5.41, 5.74) is -1.29. The second-order valence-electron chi connectivity index (χ2n) is 5.93. The van der Waals surface area contributed by atoms with Crippen LogP contribution in [0.5, 0.6) is 11.5 Å². The van der Waals surface area contributed by atoms with Crippen molar-refractivity contribution in [1.82, 2.24) is 0 Å². The molecule has 1 aliphatic heterocycles. The molecule has 1 unspecified atom stereocenters. The fraction of sp³-hybridized carbons (Fsp3) is 0.375. The third-order valence-corrected chi connectivity index (χ3v) is 4.16. The highest BCUT2D eigenvalue weighted by molar-refractivity contribution is 5.87. The molecule has 1 aromatic carbocycles. The molecule has 2 aliphatic rings. The predicted molar refractivity (Wildman–Crippen MR) is 78.8 cm³/mol. The predicted octanol–water partition coefficient (Wildman–Crippen LogP) is -0.166. The Hall–Kier alpha value is -2.58. The maximum Gasteiger partial charge on any atom is 0.338 e. The minimum atomic E-state index is -1.73. The summed E-state index contributed by atoms with van der Waals surface area (Å²) >= 11 is 0. The summed E-state index contributed by atoms with van der Waals surface area (Å²) in [7, 11) is 0. The molecule has 1 aromatic rings. The molecule has 2 fully saturated rings. The van der Waals surface area contributed by atoms with E-state index in [9.17, 15) is 30.0 Å². The van der Waals surface area contributed by atoms with Crippen LogP contribution in [0, 0.1) is 0 Å². The number of esters is 2. The monoisotopic (exact) mass is 336 g/mol. The Morgan fingerprint density at radius 1 is 1.29 bits per heavy atom. The van der Waals surface area contributed by atoms with Gasteiger partial charge in [0.1, 0.15) is 18.3 Å². The van der Waals surface area contributed by atoms with Crippen molar-refractivity contribution in [2.45, 2.75) is 36.8 Å². The first-order valence-corrected chi connectivity index (χ1v) is 7.31. The maximum absolute atomic E-state index is 11.9. The van der Waals surface area contributed by atoms with E-state index in [-0.39, 0.29) is 24.3 Å². The van der Waals surface area contributed by atoms with Gasteiger partial charge >= 0.3 is 11.9 Å². The molecule has 0 radical (unpaired) electrons. The number of phenols is 2. The number of aliphatic hydroxyl groups excluding tert-OH is 1. The van der Waals surface area contributed by atoms with Crippen LogP contribution in [0.3, 0.4) is 0 Å². The summed E-state index contributed by atoms with van der Waals surface area (Å²) in [5.74, 6) is -2.22. The fourth-order valence-electron chi connectivity index (χ4n) is 2.86. The van der Waals surface area contributed by atoms with Crippen molar-refractivity contribution < 1.29 is 39.5 Å². The summed E-state index contributed by atoms with van der Waals surface area (Å²) in [5, 5.41) is 38.7. The van der Waals surface area contributed by atoms with Gasteiger partial charge < -0.3 is 29.9 Å². The van der Waals surface area contributed by atoms with E-state index in [0.717, 1.165) is 6.08 Å². The van der Waals surface area contributed by atoms with Crippen molar-refractivity contribution in [2.24, 2.45) is 0 Å². The van der Waals surface area contributed by atoms with Crippen LogP contribution in [-0.2, 0) is 19.1 Å². The van der Waals surface area contributed by atoms with Gasteiger partial charge in [0.2, 0.25) is 0 Å².